The number of rotatable bonds is 6. The number of aliphatic hydroxyl groups is 1. The van der Waals surface area contributed by atoms with Crippen molar-refractivity contribution in [2.75, 3.05) is 13.2 Å². The summed E-state index contributed by atoms with van der Waals surface area (Å²) < 4.78 is 0. The summed E-state index contributed by atoms with van der Waals surface area (Å²) in [5, 5.41) is 12.9. The van der Waals surface area contributed by atoms with Crippen LogP contribution in [0.2, 0.25) is 0 Å². The molecule has 1 saturated carbocycles. The predicted molar refractivity (Wildman–Crippen MR) is 71.1 cm³/mol. The largest absolute Gasteiger partial charge is 0.395 e. The molecule has 0 aromatic heterocycles. The van der Waals surface area contributed by atoms with Crippen molar-refractivity contribution >= 4 is 0 Å². The van der Waals surface area contributed by atoms with Crippen molar-refractivity contribution in [2.45, 2.75) is 76.5 Å². The van der Waals surface area contributed by atoms with Crippen LogP contribution in [0.1, 0.15) is 52.4 Å². The molecule has 1 aliphatic heterocycles. The first-order valence-corrected chi connectivity index (χ1v) is 7.33. The smallest absolute Gasteiger partial charge is 0.0585 e. The maximum absolute atomic E-state index is 9.38. The molecule has 0 bridgehead atoms. The van der Waals surface area contributed by atoms with Gasteiger partial charge in [-0.15, -0.1) is 0 Å². The second-order valence-corrected chi connectivity index (χ2v) is 5.98. The van der Waals surface area contributed by atoms with Gasteiger partial charge in [-0.05, 0) is 46.0 Å². The summed E-state index contributed by atoms with van der Waals surface area (Å²) in [4.78, 5) is 2.63. The summed E-state index contributed by atoms with van der Waals surface area (Å²) in [6, 6.07) is 2.45. The van der Waals surface area contributed by atoms with Gasteiger partial charge < -0.3 is 10.4 Å². The van der Waals surface area contributed by atoms with Gasteiger partial charge in [0.05, 0.1) is 6.61 Å². The molecule has 3 nitrogen and oxygen atoms in total. The summed E-state index contributed by atoms with van der Waals surface area (Å²) in [5.41, 5.74) is 0. The first-order chi connectivity index (χ1) is 8.20. The highest BCUT2D eigenvalue weighted by Crippen LogP contribution is 2.23. The second-order valence-electron chi connectivity index (χ2n) is 5.98. The molecule has 0 aromatic rings. The van der Waals surface area contributed by atoms with Gasteiger partial charge in [0, 0.05) is 30.7 Å². The zero-order valence-electron chi connectivity index (χ0n) is 11.4. The van der Waals surface area contributed by atoms with E-state index >= 15 is 0 Å². The van der Waals surface area contributed by atoms with Gasteiger partial charge in [-0.2, -0.15) is 0 Å². The molecule has 3 unspecified atom stereocenters. The van der Waals surface area contributed by atoms with Gasteiger partial charge in [-0.3, -0.25) is 4.90 Å². The Morgan fingerprint density at radius 2 is 1.82 bits per heavy atom. The van der Waals surface area contributed by atoms with Crippen LogP contribution < -0.4 is 5.32 Å². The Hall–Kier alpha value is -0.120. The summed E-state index contributed by atoms with van der Waals surface area (Å²) in [6.07, 6.45) is 7.73. The topological polar surface area (TPSA) is 35.5 Å². The fraction of sp³-hybridized carbons (Fsp3) is 1.00. The van der Waals surface area contributed by atoms with Crippen LogP contribution in [0.25, 0.3) is 0 Å². The maximum Gasteiger partial charge on any atom is 0.0585 e. The second kappa shape index (κ2) is 6.17. The molecular weight excluding hydrogens is 212 g/mol. The van der Waals surface area contributed by atoms with Crippen molar-refractivity contribution in [2.24, 2.45) is 0 Å². The van der Waals surface area contributed by atoms with E-state index in [2.05, 4.69) is 24.1 Å². The van der Waals surface area contributed by atoms with Gasteiger partial charge >= 0.3 is 0 Å². The lowest BCUT2D eigenvalue weighted by Crippen LogP contribution is -2.46. The number of hydrogen-bond donors (Lipinski definition) is 2. The molecule has 2 fully saturated rings. The van der Waals surface area contributed by atoms with Crippen LogP contribution in [0.4, 0.5) is 0 Å². The highest BCUT2D eigenvalue weighted by atomic mass is 16.3. The first kappa shape index (κ1) is 13.3. The third-order valence-corrected chi connectivity index (χ3v) is 4.38. The zero-order chi connectivity index (χ0) is 12.3. The number of piperidine rings is 1. The van der Waals surface area contributed by atoms with E-state index in [1.807, 2.05) is 0 Å². The van der Waals surface area contributed by atoms with Crippen molar-refractivity contribution < 1.29 is 5.11 Å². The first-order valence-electron chi connectivity index (χ1n) is 7.33. The van der Waals surface area contributed by atoms with Crippen LogP contribution >= 0.6 is 0 Å². The van der Waals surface area contributed by atoms with E-state index in [1.165, 1.54) is 32.1 Å². The van der Waals surface area contributed by atoms with E-state index in [0.717, 1.165) is 25.0 Å². The highest BCUT2D eigenvalue weighted by molar-refractivity contribution is 4.86. The molecule has 0 amide bonds. The van der Waals surface area contributed by atoms with Crippen molar-refractivity contribution in [3.8, 4) is 0 Å². The summed E-state index contributed by atoms with van der Waals surface area (Å²) in [6.45, 7) is 6.11. The molecule has 1 aliphatic carbocycles. The van der Waals surface area contributed by atoms with Gasteiger partial charge in [-0.1, -0.05) is 6.42 Å². The molecule has 2 rings (SSSR count). The van der Waals surface area contributed by atoms with Crippen LogP contribution in [0.3, 0.4) is 0 Å². The Balaban J connectivity index is 1.73. The fourth-order valence-electron chi connectivity index (χ4n) is 3.03. The van der Waals surface area contributed by atoms with E-state index in [9.17, 15) is 5.11 Å². The average Bonchev–Trinajstić information content (AvgIpc) is 3.10. The van der Waals surface area contributed by atoms with E-state index < -0.39 is 0 Å². The van der Waals surface area contributed by atoms with Gasteiger partial charge in [0.1, 0.15) is 0 Å². The third-order valence-electron chi connectivity index (χ3n) is 4.38. The standard InChI is InChI=1S/C14H28N2O/c1-11-4-3-5-12(2)16(11)9-8-14(10-17)15-13-6-7-13/h11-15,17H,3-10H2,1-2H3. The molecule has 2 N–H and O–H groups in total. The van der Waals surface area contributed by atoms with Crippen molar-refractivity contribution in [3.63, 3.8) is 0 Å². The number of nitrogens with zero attached hydrogens (tertiary/aromatic N) is 1. The molecule has 0 spiro atoms. The molecule has 0 radical (unpaired) electrons. The highest BCUT2D eigenvalue weighted by Gasteiger charge is 2.27. The summed E-state index contributed by atoms with van der Waals surface area (Å²) in [7, 11) is 0. The fourth-order valence-corrected chi connectivity index (χ4v) is 3.03. The zero-order valence-corrected chi connectivity index (χ0v) is 11.4. The van der Waals surface area contributed by atoms with Gasteiger partial charge in [0.15, 0.2) is 0 Å². The van der Waals surface area contributed by atoms with E-state index in [1.54, 1.807) is 0 Å². The molecule has 0 aromatic carbocycles. The van der Waals surface area contributed by atoms with Crippen molar-refractivity contribution in [3.05, 3.63) is 0 Å². The number of nitrogens with one attached hydrogen (secondary N) is 1. The molecule has 3 atom stereocenters. The van der Waals surface area contributed by atoms with Crippen LogP contribution in [0.5, 0.6) is 0 Å². The van der Waals surface area contributed by atoms with Crippen molar-refractivity contribution in [1.29, 1.82) is 0 Å². The molecule has 3 heteroatoms. The van der Waals surface area contributed by atoms with Crippen LogP contribution in [-0.4, -0.2) is 47.3 Å². The van der Waals surface area contributed by atoms with E-state index in [4.69, 9.17) is 0 Å². The Morgan fingerprint density at radius 1 is 1.18 bits per heavy atom. The van der Waals surface area contributed by atoms with Gasteiger partial charge in [0.2, 0.25) is 0 Å². The SMILES string of the molecule is CC1CCCC(C)N1CCC(CO)NC1CC1. The molecule has 1 heterocycles. The lowest BCUT2D eigenvalue weighted by molar-refractivity contribution is 0.0932. The van der Waals surface area contributed by atoms with E-state index in [0.29, 0.717) is 12.1 Å². The molecular formula is C14H28N2O. The number of aliphatic hydroxyl groups excluding tert-OH is 1. The lowest BCUT2D eigenvalue weighted by atomic mass is 9.97. The summed E-state index contributed by atoms with van der Waals surface area (Å²) >= 11 is 0. The van der Waals surface area contributed by atoms with Gasteiger partial charge in [0.25, 0.3) is 0 Å². The quantitative estimate of drug-likeness (QED) is 0.742. The molecule has 100 valence electrons. The minimum Gasteiger partial charge on any atom is -0.395 e. The van der Waals surface area contributed by atoms with Crippen LogP contribution in [0.15, 0.2) is 0 Å². The number of hydrogen-bond acceptors (Lipinski definition) is 3. The molecule has 17 heavy (non-hydrogen) atoms. The third kappa shape index (κ3) is 3.94. The minimum absolute atomic E-state index is 0.285. The molecule has 2 aliphatic rings. The van der Waals surface area contributed by atoms with E-state index in [-0.39, 0.29) is 6.61 Å². The summed E-state index contributed by atoms with van der Waals surface area (Å²) in [5.74, 6) is 0. The molecule has 1 saturated heterocycles. The predicted octanol–water partition coefficient (Wildman–Crippen LogP) is 1.75. The van der Waals surface area contributed by atoms with Crippen LogP contribution in [0, 0.1) is 0 Å². The van der Waals surface area contributed by atoms with Gasteiger partial charge in [-0.25, -0.2) is 0 Å². The van der Waals surface area contributed by atoms with Crippen molar-refractivity contribution in [1.82, 2.24) is 10.2 Å². The minimum atomic E-state index is 0.285. The average molecular weight is 240 g/mol. The lowest BCUT2D eigenvalue weighted by Gasteiger charge is -2.39. The normalized spacial score (nSPS) is 32.6. The monoisotopic (exact) mass is 240 g/mol. The number of likely N-dealkylation sites (tertiary alicyclic amines) is 1. The maximum atomic E-state index is 9.38. The Labute approximate surface area is 106 Å². The van der Waals surface area contributed by atoms with Crippen LogP contribution in [-0.2, 0) is 0 Å². The Morgan fingerprint density at radius 3 is 2.35 bits per heavy atom. The Kier molecular flexibility index (Phi) is 4.83. The Bertz CT molecular complexity index is 220.